The van der Waals surface area contributed by atoms with Crippen LogP contribution in [0.15, 0.2) is 23.1 Å². The molecule has 1 aromatic carbocycles. The van der Waals surface area contributed by atoms with Crippen LogP contribution in [0.2, 0.25) is 0 Å². The van der Waals surface area contributed by atoms with Crippen molar-refractivity contribution >= 4 is 10.0 Å². The standard InChI is InChI=1S/C11H14F2N2O2S/c12-10-2-1-9(5-11(10)13)18(16,17)15-4-3-8(6-14)7-15/h1-2,5,8H,3-4,6-7,14H2. The minimum atomic E-state index is -3.75. The van der Waals surface area contributed by atoms with Crippen molar-refractivity contribution in [3.05, 3.63) is 29.8 Å². The van der Waals surface area contributed by atoms with E-state index in [0.29, 0.717) is 32.1 Å². The third-order valence-corrected chi connectivity index (χ3v) is 4.97. The predicted molar refractivity (Wildman–Crippen MR) is 62.3 cm³/mol. The number of hydrogen-bond donors (Lipinski definition) is 1. The van der Waals surface area contributed by atoms with Gasteiger partial charge in [-0.15, -0.1) is 0 Å². The van der Waals surface area contributed by atoms with E-state index in [0.717, 1.165) is 12.1 Å². The van der Waals surface area contributed by atoms with Gasteiger partial charge in [0.2, 0.25) is 10.0 Å². The second-order valence-electron chi connectivity index (χ2n) is 4.33. The second kappa shape index (κ2) is 4.91. The molecule has 1 fully saturated rings. The highest BCUT2D eigenvalue weighted by atomic mass is 32.2. The van der Waals surface area contributed by atoms with E-state index in [1.54, 1.807) is 0 Å². The Bertz CT molecular complexity index is 548. The lowest BCUT2D eigenvalue weighted by Gasteiger charge is -2.16. The zero-order valence-corrected chi connectivity index (χ0v) is 10.5. The third kappa shape index (κ3) is 2.38. The maximum atomic E-state index is 13.1. The van der Waals surface area contributed by atoms with Gasteiger partial charge in [-0.25, -0.2) is 17.2 Å². The van der Waals surface area contributed by atoms with Crippen LogP contribution in [0.4, 0.5) is 8.78 Å². The molecule has 1 heterocycles. The maximum absolute atomic E-state index is 13.1. The molecule has 1 unspecified atom stereocenters. The summed E-state index contributed by atoms with van der Waals surface area (Å²) in [7, 11) is -3.75. The van der Waals surface area contributed by atoms with E-state index >= 15 is 0 Å². The minimum Gasteiger partial charge on any atom is -0.330 e. The van der Waals surface area contributed by atoms with Gasteiger partial charge in [0.1, 0.15) is 0 Å². The number of nitrogens with zero attached hydrogens (tertiary/aromatic N) is 1. The van der Waals surface area contributed by atoms with Crippen molar-refractivity contribution in [2.24, 2.45) is 11.7 Å². The highest BCUT2D eigenvalue weighted by Gasteiger charge is 2.32. The summed E-state index contributed by atoms with van der Waals surface area (Å²) >= 11 is 0. The highest BCUT2D eigenvalue weighted by molar-refractivity contribution is 7.89. The second-order valence-corrected chi connectivity index (χ2v) is 6.27. The molecule has 0 aliphatic carbocycles. The fraction of sp³-hybridized carbons (Fsp3) is 0.455. The average molecular weight is 276 g/mol. The largest absolute Gasteiger partial charge is 0.330 e. The monoisotopic (exact) mass is 276 g/mol. The summed E-state index contributed by atoms with van der Waals surface area (Å²) in [5.74, 6) is -2.09. The highest BCUT2D eigenvalue weighted by Crippen LogP contribution is 2.24. The van der Waals surface area contributed by atoms with Gasteiger partial charge in [0.25, 0.3) is 0 Å². The lowest BCUT2D eigenvalue weighted by atomic mass is 10.1. The molecule has 0 amide bonds. The van der Waals surface area contributed by atoms with E-state index in [1.807, 2.05) is 0 Å². The van der Waals surface area contributed by atoms with Gasteiger partial charge >= 0.3 is 0 Å². The first kappa shape index (κ1) is 13.4. The van der Waals surface area contributed by atoms with Gasteiger partial charge in [0.05, 0.1) is 4.90 Å². The molecular weight excluding hydrogens is 262 g/mol. The molecule has 1 aliphatic heterocycles. The SMILES string of the molecule is NCC1CCN(S(=O)(=O)c2ccc(F)c(F)c2)C1. The Hall–Kier alpha value is -1.05. The molecule has 1 atom stereocenters. The van der Waals surface area contributed by atoms with E-state index in [4.69, 9.17) is 5.73 Å². The van der Waals surface area contributed by atoms with Gasteiger partial charge in [-0.05, 0) is 37.1 Å². The topological polar surface area (TPSA) is 63.4 Å². The molecule has 0 bridgehead atoms. The summed E-state index contributed by atoms with van der Waals surface area (Å²) in [6.07, 6.45) is 0.694. The summed E-state index contributed by atoms with van der Waals surface area (Å²) in [5, 5.41) is 0. The zero-order valence-electron chi connectivity index (χ0n) is 9.64. The normalized spacial score (nSPS) is 21.4. The predicted octanol–water partition coefficient (Wildman–Crippen LogP) is 0.934. The Morgan fingerprint density at radius 1 is 1.33 bits per heavy atom. The van der Waals surface area contributed by atoms with Gasteiger partial charge in [0, 0.05) is 13.1 Å². The van der Waals surface area contributed by atoms with Crippen LogP contribution >= 0.6 is 0 Å². The van der Waals surface area contributed by atoms with Crippen molar-refractivity contribution in [3.63, 3.8) is 0 Å². The van der Waals surface area contributed by atoms with Crippen LogP contribution in [0.1, 0.15) is 6.42 Å². The third-order valence-electron chi connectivity index (χ3n) is 3.11. The number of hydrogen-bond acceptors (Lipinski definition) is 3. The molecule has 1 aromatic rings. The Labute approximate surface area is 104 Å². The van der Waals surface area contributed by atoms with Crippen LogP contribution in [-0.2, 0) is 10.0 Å². The molecule has 1 aliphatic rings. The minimum absolute atomic E-state index is 0.130. The van der Waals surface area contributed by atoms with Crippen LogP contribution in [0.25, 0.3) is 0 Å². The number of sulfonamides is 1. The average Bonchev–Trinajstić information content (AvgIpc) is 2.81. The zero-order chi connectivity index (χ0) is 13.3. The molecule has 0 saturated carbocycles. The molecule has 1 saturated heterocycles. The lowest BCUT2D eigenvalue weighted by molar-refractivity contribution is 0.456. The van der Waals surface area contributed by atoms with Gasteiger partial charge in [-0.2, -0.15) is 4.31 Å². The van der Waals surface area contributed by atoms with Crippen molar-refractivity contribution in [3.8, 4) is 0 Å². The van der Waals surface area contributed by atoms with E-state index in [1.165, 1.54) is 4.31 Å². The van der Waals surface area contributed by atoms with Crippen molar-refractivity contribution in [1.82, 2.24) is 4.31 Å². The van der Waals surface area contributed by atoms with E-state index < -0.39 is 21.7 Å². The molecule has 0 spiro atoms. The number of halogens is 2. The molecule has 100 valence electrons. The van der Waals surface area contributed by atoms with Crippen LogP contribution in [0.3, 0.4) is 0 Å². The molecule has 4 nitrogen and oxygen atoms in total. The fourth-order valence-corrected chi connectivity index (χ4v) is 3.54. The van der Waals surface area contributed by atoms with Gasteiger partial charge in [-0.1, -0.05) is 0 Å². The molecular formula is C11H14F2N2O2S. The maximum Gasteiger partial charge on any atom is 0.243 e. The van der Waals surface area contributed by atoms with Gasteiger partial charge in [-0.3, -0.25) is 0 Å². The molecule has 0 radical (unpaired) electrons. The lowest BCUT2D eigenvalue weighted by Crippen LogP contribution is -2.30. The smallest absolute Gasteiger partial charge is 0.243 e. The van der Waals surface area contributed by atoms with Crippen molar-refractivity contribution in [2.75, 3.05) is 19.6 Å². The molecule has 7 heteroatoms. The first-order valence-electron chi connectivity index (χ1n) is 5.60. The van der Waals surface area contributed by atoms with E-state index in [-0.39, 0.29) is 10.8 Å². The first-order chi connectivity index (χ1) is 8.45. The van der Waals surface area contributed by atoms with Crippen molar-refractivity contribution in [2.45, 2.75) is 11.3 Å². The van der Waals surface area contributed by atoms with Gasteiger partial charge < -0.3 is 5.73 Å². The Balaban J connectivity index is 2.28. The fourth-order valence-electron chi connectivity index (χ4n) is 1.99. The molecule has 2 rings (SSSR count). The van der Waals surface area contributed by atoms with Gasteiger partial charge in [0.15, 0.2) is 11.6 Å². The molecule has 18 heavy (non-hydrogen) atoms. The number of nitrogens with two attached hydrogens (primary N) is 1. The molecule has 0 aromatic heterocycles. The van der Waals surface area contributed by atoms with E-state index in [9.17, 15) is 17.2 Å². The summed E-state index contributed by atoms with van der Waals surface area (Å²) < 4.78 is 51.4. The van der Waals surface area contributed by atoms with Crippen LogP contribution in [0, 0.1) is 17.6 Å². The summed E-state index contributed by atoms with van der Waals surface area (Å²) in [4.78, 5) is -0.223. The van der Waals surface area contributed by atoms with E-state index in [2.05, 4.69) is 0 Å². The quantitative estimate of drug-likeness (QED) is 0.893. The van der Waals surface area contributed by atoms with Crippen LogP contribution < -0.4 is 5.73 Å². The Kier molecular flexibility index (Phi) is 3.65. The number of rotatable bonds is 3. The first-order valence-corrected chi connectivity index (χ1v) is 7.04. The van der Waals surface area contributed by atoms with Crippen molar-refractivity contribution in [1.29, 1.82) is 0 Å². The Morgan fingerprint density at radius 3 is 2.61 bits per heavy atom. The summed E-state index contributed by atoms with van der Waals surface area (Å²) in [6.45, 7) is 1.12. The van der Waals surface area contributed by atoms with Crippen LogP contribution in [-0.4, -0.2) is 32.4 Å². The number of benzene rings is 1. The summed E-state index contributed by atoms with van der Waals surface area (Å²) in [5.41, 5.74) is 5.49. The molecule has 2 N–H and O–H groups in total. The van der Waals surface area contributed by atoms with Crippen LogP contribution in [0.5, 0.6) is 0 Å². The summed E-state index contributed by atoms with van der Waals surface area (Å²) in [6, 6.07) is 2.60. The Morgan fingerprint density at radius 2 is 2.06 bits per heavy atom. The van der Waals surface area contributed by atoms with Crippen molar-refractivity contribution < 1.29 is 17.2 Å².